The number of halogens is 1. The van der Waals surface area contributed by atoms with E-state index in [2.05, 4.69) is 43.2 Å². The van der Waals surface area contributed by atoms with E-state index in [1.807, 2.05) is 30.3 Å². The van der Waals surface area contributed by atoms with Crippen LogP contribution in [0.2, 0.25) is 5.02 Å². The van der Waals surface area contributed by atoms with E-state index in [9.17, 15) is 4.79 Å². The number of nitrogens with one attached hydrogen (secondary N) is 1. The van der Waals surface area contributed by atoms with Gasteiger partial charge in [-0.3, -0.25) is 4.79 Å². The second-order valence-electron chi connectivity index (χ2n) is 8.27. The van der Waals surface area contributed by atoms with Crippen molar-refractivity contribution in [3.8, 4) is 0 Å². The Hall–Kier alpha value is -2.38. The molecule has 0 unspecified atom stereocenters. The predicted molar refractivity (Wildman–Crippen MR) is 125 cm³/mol. The van der Waals surface area contributed by atoms with Crippen molar-refractivity contribution in [3.63, 3.8) is 0 Å². The molecule has 2 fully saturated rings. The van der Waals surface area contributed by atoms with Crippen molar-refractivity contribution in [2.75, 3.05) is 55.6 Å². The van der Waals surface area contributed by atoms with Crippen molar-refractivity contribution in [1.82, 2.24) is 20.4 Å². The molecule has 1 amide bonds. The Morgan fingerprint density at radius 1 is 1.03 bits per heavy atom. The predicted octanol–water partition coefficient (Wildman–Crippen LogP) is 2.80. The molecule has 0 radical (unpaired) electrons. The summed E-state index contributed by atoms with van der Waals surface area (Å²) in [6.07, 6.45) is 1.85. The summed E-state index contributed by atoms with van der Waals surface area (Å²) in [7, 11) is 0. The molecule has 2 aliphatic heterocycles. The highest BCUT2D eigenvalue weighted by Crippen LogP contribution is 2.23. The van der Waals surface area contributed by atoms with E-state index < -0.39 is 0 Å². The molecule has 0 saturated carbocycles. The van der Waals surface area contributed by atoms with Crippen molar-refractivity contribution < 1.29 is 4.79 Å². The molecule has 0 aliphatic carbocycles. The van der Waals surface area contributed by atoms with Gasteiger partial charge in [0.2, 0.25) is 5.91 Å². The van der Waals surface area contributed by atoms with Crippen molar-refractivity contribution in [1.29, 1.82) is 0 Å². The lowest BCUT2D eigenvalue weighted by atomic mass is 9.97. The number of benzene rings is 1. The Morgan fingerprint density at radius 3 is 2.42 bits per heavy atom. The molecule has 8 heteroatoms. The largest absolute Gasteiger partial charge is 0.354 e. The highest BCUT2D eigenvalue weighted by Gasteiger charge is 2.27. The van der Waals surface area contributed by atoms with Crippen molar-refractivity contribution >= 4 is 29.1 Å². The molecule has 166 valence electrons. The highest BCUT2D eigenvalue weighted by molar-refractivity contribution is 6.31. The minimum atomic E-state index is -0.0557. The molecule has 2 aromatic rings. The molecule has 0 bridgehead atoms. The maximum atomic E-state index is 12.7. The fourth-order valence-electron chi connectivity index (χ4n) is 4.32. The van der Waals surface area contributed by atoms with Gasteiger partial charge >= 0.3 is 0 Å². The minimum absolute atomic E-state index is 0.0557. The van der Waals surface area contributed by atoms with Gasteiger partial charge in [-0.2, -0.15) is 0 Å². The first-order valence-corrected chi connectivity index (χ1v) is 11.6. The Kier molecular flexibility index (Phi) is 7.25. The summed E-state index contributed by atoms with van der Waals surface area (Å²) in [4.78, 5) is 19.7. The summed E-state index contributed by atoms with van der Waals surface area (Å²) < 4.78 is 0. The number of nitrogens with zero attached hydrogens (tertiary/aromatic N) is 5. The van der Waals surface area contributed by atoms with Gasteiger partial charge in [0.15, 0.2) is 11.6 Å². The zero-order valence-electron chi connectivity index (χ0n) is 18.1. The first-order valence-electron chi connectivity index (χ1n) is 11.2. The van der Waals surface area contributed by atoms with Gasteiger partial charge in [-0.25, -0.2) is 0 Å². The maximum absolute atomic E-state index is 12.7. The third-order valence-electron chi connectivity index (χ3n) is 6.31. The van der Waals surface area contributed by atoms with Crippen LogP contribution in [0.1, 0.15) is 25.3 Å². The van der Waals surface area contributed by atoms with Crippen LogP contribution in [0, 0.1) is 5.92 Å². The van der Waals surface area contributed by atoms with Gasteiger partial charge in [0.1, 0.15) is 0 Å². The molecule has 1 aromatic carbocycles. The lowest BCUT2D eigenvalue weighted by molar-refractivity contribution is -0.125. The minimum Gasteiger partial charge on any atom is -0.354 e. The average Bonchev–Trinajstić information content (AvgIpc) is 2.83. The van der Waals surface area contributed by atoms with E-state index in [1.165, 1.54) is 0 Å². The third kappa shape index (κ3) is 5.46. The number of anilines is 2. The molecule has 1 atom stereocenters. The van der Waals surface area contributed by atoms with Gasteiger partial charge in [0.05, 0.1) is 5.92 Å². The van der Waals surface area contributed by atoms with E-state index in [0.717, 1.165) is 69.3 Å². The quantitative estimate of drug-likeness (QED) is 0.742. The number of likely N-dealkylation sites (N-methyl/N-ethyl adjacent to an activating group) is 1. The number of rotatable bonds is 6. The molecule has 1 N–H and O–H groups in total. The molecule has 2 aliphatic rings. The maximum Gasteiger partial charge on any atom is 0.225 e. The Balaban J connectivity index is 1.32. The summed E-state index contributed by atoms with van der Waals surface area (Å²) in [5.74, 6) is 1.80. The number of piperazine rings is 1. The van der Waals surface area contributed by atoms with Gasteiger partial charge in [0.25, 0.3) is 0 Å². The molecule has 31 heavy (non-hydrogen) atoms. The third-order valence-corrected chi connectivity index (χ3v) is 6.68. The lowest BCUT2D eigenvalue weighted by Crippen LogP contribution is -2.46. The zero-order valence-corrected chi connectivity index (χ0v) is 18.9. The normalized spacial score (nSPS) is 20.0. The number of piperidine rings is 1. The molecule has 4 rings (SSSR count). The number of hydrogen-bond donors (Lipinski definition) is 1. The molecular formula is C23H31ClN6O. The van der Waals surface area contributed by atoms with Crippen LogP contribution in [0.3, 0.4) is 0 Å². The molecule has 3 heterocycles. The summed E-state index contributed by atoms with van der Waals surface area (Å²) in [6.45, 7) is 9.42. The Labute approximate surface area is 189 Å². The first kappa shape index (κ1) is 21.8. The lowest BCUT2D eigenvalue weighted by Gasteiger charge is -2.35. The van der Waals surface area contributed by atoms with E-state index in [-0.39, 0.29) is 11.8 Å². The van der Waals surface area contributed by atoms with Crippen LogP contribution in [0.4, 0.5) is 11.6 Å². The van der Waals surface area contributed by atoms with Crippen molar-refractivity contribution in [2.45, 2.75) is 26.3 Å². The summed E-state index contributed by atoms with van der Waals surface area (Å²) in [5, 5.41) is 12.7. The van der Waals surface area contributed by atoms with Crippen LogP contribution in [0.5, 0.6) is 0 Å². The van der Waals surface area contributed by atoms with Crippen molar-refractivity contribution in [2.24, 2.45) is 5.92 Å². The zero-order chi connectivity index (χ0) is 21.6. The van der Waals surface area contributed by atoms with E-state index in [0.29, 0.717) is 18.1 Å². The SMILES string of the molecule is CCN1CCN(c2ccc(N3CCC[C@@H](C(=O)NCc4ccccc4Cl)C3)nn2)CC1. The van der Waals surface area contributed by atoms with Gasteiger partial charge in [0, 0.05) is 50.8 Å². The summed E-state index contributed by atoms with van der Waals surface area (Å²) in [6, 6.07) is 11.7. The van der Waals surface area contributed by atoms with Crippen LogP contribution < -0.4 is 15.1 Å². The number of carbonyl (C=O) groups is 1. The number of hydrogen-bond acceptors (Lipinski definition) is 6. The van der Waals surface area contributed by atoms with Crippen molar-refractivity contribution in [3.05, 3.63) is 47.0 Å². The molecule has 2 saturated heterocycles. The second-order valence-corrected chi connectivity index (χ2v) is 8.67. The standard InChI is InChI=1S/C23H31ClN6O/c1-2-28-12-14-29(15-13-28)21-9-10-22(27-26-21)30-11-5-7-19(17-30)23(31)25-16-18-6-3-4-8-20(18)24/h3-4,6,8-10,19H,2,5,7,11-17H2,1H3,(H,25,31)/t19-/m1/s1. The smallest absolute Gasteiger partial charge is 0.225 e. The number of amides is 1. The van der Waals surface area contributed by atoms with Gasteiger partial charge in [-0.05, 0) is 43.1 Å². The Morgan fingerprint density at radius 2 is 1.74 bits per heavy atom. The van der Waals surface area contributed by atoms with Gasteiger partial charge < -0.3 is 20.0 Å². The number of aromatic nitrogens is 2. The first-order chi connectivity index (χ1) is 15.1. The highest BCUT2D eigenvalue weighted by atomic mass is 35.5. The monoisotopic (exact) mass is 442 g/mol. The summed E-state index contributed by atoms with van der Waals surface area (Å²) >= 11 is 6.20. The molecular weight excluding hydrogens is 412 g/mol. The van der Waals surface area contributed by atoms with Crippen LogP contribution in [-0.4, -0.2) is 66.8 Å². The van der Waals surface area contributed by atoms with Gasteiger partial charge in [-0.1, -0.05) is 36.7 Å². The summed E-state index contributed by atoms with van der Waals surface area (Å²) in [5.41, 5.74) is 0.936. The van der Waals surface area contributed by atoms with Crippen LogP contribution in [0.25, 0.3) is 0 Å². The van der Waals surface area contributed by atoms with Crippen LogP contribution >= 0.6 is 11.6 Å². The fraction of sp³-hybridized carbons (Fsp3) is 0.522. The van der Waals surface area contributed by atoms with E-state index in [1.54, 1.807) is 0 Å². The topological polar surface area (TPSA) is 64.6 Å². The van der Waals surface area contributed by atoms with Crippen LogP contribution in [0.15, 0.2) is 36.4 Å². The van der Waals surface area contributed by atoms with E-state index in [4.69, 9.17) is 11.6 Å². The average molecular weight is 443 g/mol. The molecule has 0 spiro atoms. The van der Waals surface area contributed by atoms with Crippen LogP contribution in [-0.2, 0) is 11.3 Å². The van der Waals surface area contributed by atoms with Gasteiger partial charge in [-0.15, -0.1) is 10.2 Å². The molecule has 7 nitrogen and oxygen atoms in total. The molecule has 1 aromatic heterocycles. The van der Waals surface area contributed by atoms with E-state index >= 15 is 0 Å². The number of carbonyl (C=O) groups excluding carboxylic acids is 1. The second kappa shape index (κ2) is 10.3. The fourth-order valence-corrected chi connectivity index (χ4v) is 4.52. The Bertz CT molecular complexity index is 869.